The number of ether oxygens (including phenoxy) is 2. The second-order valence-corrected chi connectivity index (χ2v) is 4.50. The van der Waals surface area contributed by atoms with Gasteiger partial charge in [-0.1, -0.05) is 0 Å². The third kappa shape index (κ3) is 5.25. The van der Waals surface area contributed by atoms with E-state index in [1.54, 1.807) is 7.11 Å². The molecule has 0 aromatic rings. The van der Waals surface area contributed by atoms with E-state index in [-0.39, 0.29) is 0 Å². The number of rotatable bonds is 9. The summed E-state index contributed by atoms with van der Waals surface area (Å²) < 4.78 is 10.6. The minimum atomic E-state index is 0.508. The highest BCUT2D eigenvalue weighted by atomic mass is 16.5. The standard InChI is InChI=1S/C12H26N2O2/c1-4-16-12-9-11(10-12)13-5-6-14(2)7-8-15-3/h11-13H,4-10H2,1-3H3. The molecule has 0 bridgehead atoms. The molecule has 1 aliphatic rings. The summed E-state index contributed by atoms with van der Waals surface area (Å²) in [6.45, 7) is 6.86. The molecule has 4 heteroatoms. The molecule has 0 radical (unpaired) electrons. The summed E-state index contributed by atoms with van der Waals surface area (Å²) in [5, 5.41) is 3.55. The number of hydrogen-bond acceptors (Lipinski definition) is 4. The highest BCUT2D eigenvalue weighted by Gasteiger charge is 2.28. The second kappa shape index (κ2) is 8.01. The molecular formula is C12H26N2O2. The maximum absolute atomic E-state index is 5.52. The molecule has 1 aliphatic carbocycles. The van der Waals surface area contributed by atoms with Crippen molar-refractivity contribution in [1.29, 1.82) is 0 Å². The third-order valence-electron chi connectivity index (χ3n) is 3.10. The Balaban J connectivity index is 1.89. The average molecular weight is 230 g/mol. The van der Waals surface area contributed by atoms with Crippen LogP contribution in [0.1, 0.15) is 19.8 Å². The predicted molar refractivity (Wildman–Crippen MR) is 65.8 cm³/mol. The van der Waals surface area contributed by atoms with E-state index in [1.807, 2.05) is 0 Å². The number of nitrogens with zero attached hydrogens (tertiary/aromatic N) is 1. The van der Waals surface area contributed by atoms with Crippen LogP contribution in [0.3, 0.4) is 0 Å². The highest BCUT2D eigenvalue weighted by Crippen LogP contribution is 2.22. The van der Waals surface area contributed by atoms with Crippen molar-refractivity contribution >= 4 is 0 Å². The monoisotopic (exact) mass is 230 g/mol. The van der Waals surface area contributed by atoms with Crippen molar-refractivity contribution in [2.75, 3.05) is 47.0 Å². The lowest BCUT2D eigenvalue weighted by molar-refractivity contribution is -0.0101. The van der Waals surface area contributed by atoms with Crippen molar-refractivity contribution in [2.24, 2.45) is 0 Å². The molecule has 0 aromatic carbocycles. The molecule has 96 valence electrons. The predicted octanol–water partition coefficient (Wildman–Crippen LogP) is 0.722. The maximum Gasteiger partial charge on any atom is 0.0604 e. The van der Waals surface area contributed by atoms with Gasteiger partial charge in [0.25, 0.3) is 0 Å². The minimum Gasteiger partial charge on any atom is -0.383 e. The van der Waals surface area contributed by atoms with Crippen molar-refractivity contribution in [3.8, 4) is 0 Å². The van der Waals surface area contributed by atoms with Crippen molar-refractivity contribution in [3.05, 3.63) is 0 Å². The maximum atomic E-state index is 5.52. The Labute approximate surface area is 99.3 Å². The van der Waals surface area contributed by atoms with Gasteiger partial charge in [-0.2, -0.15) is 0 Å². The van der Waals surface area contributed by atoms with Gasteiger partial charge in [-0.25, -0.2) is 0 Å². The van der Waals surface area contributed by atoms with E-state index in [2.05, 4.69) is 24.2 Å². The molecule has 0 saturated heterocycles. The van der Waals surface area contributed by atoms with Crippen LogP contribution in [0.2, 0.25) is 0 Å². The van der Waals surface area contributed by atoms with Gasteiger partial charge < -0.3 is 19.7 Å². The Hall–Kier alpha value is -0.160. The normalized spacial score (nSPS) is 24.8. The van der Waals surface area contributed by atoms with Crippen LogP contribution in [0, 0.1) is 0 Å². The van der Waals surface area contributed by atoms with Crippen LogP contribution in [0.25, 0.3) is 0 Å². The van der Waals surface area contributed by atoms with E-state index in [9.17, 15) is 0 Å². The zero-order valence-electron chi connectivity index (χ0n) is 10.9. The Morgan fingerprint density at radius 1 is 1.31 bits per heavy atom. The van der Waals surface area contributed by atoms with E-state index in [4.69, 9.17) is 9.47 Å². The smallest absolute Gasteiger partial charge is 0.0604 e. The summed E-state index contributed by atoms with van der Waals surface area (Å²) in [7, 11) is 3.87. The molecule has 1 rings (SSSR count). The molecule has 0 unspecified atom stereocenters. The Morgan fingerprint density at radius 3 is 2.69 bits per heavy atom. The van der Waals surface area contributed by atoms with Crippen LogP contribution in [0.4, 0.5) is 0 Å². The Bertz CT molecular complexity index is 172. The Morgan fingerprint density at radius 2 is 2.06 bits per heavy atom. The topological polar surface area (TPSA) is 33.7 Å². The molecule has 1 saturated carbocycles. The number of hydrogen-bond donors (Lipinski definition) is 1. The zero-order chi connectivity index (χ0) is 11.8. The lowest BCUT2D eigenvalue weighted by Gasteiger charge is -2.35. The number of nitrogens with one attached hydrogen (secondary N) is 1. The second-order valence-electron chi connectivity index (χ2n) is 4.50. The third-order valence-corrected chi connectivity index (χ3v) is 3.10. The average Bonchev–Trinajstić information content (AvgIpc) is 2.22. The van der Waals surface area contributed by atoms with Crippen LogP contribution in [-0.4, -0.2) is 64.1 Å². The molecular weight excluding hydrogens is 204 g/mol. The highest BCUT2D eigenvalue weighted by molar-refractivity contribution is 4.85. The summed E-state index contributed by atoms with van der Waals surface area (Å²) in [5.74, 6) is 0. The number of likely N-dealkylation sites (N-methyl/N-ethyl adjacent to an activating group) is 1. The van der Waals surface area contributed by atoms with Crippen molar-refractivity contribution < 1.29 is 9.47 Å². The zero-order valence-corrected chi connectivity index (χ0v) is 10.9. The molecule has 0 amide bonds. The van der Waals surface area contributed by atoms with Crippen LogP contribution in [0.5, 0.6) is 0 Å². The van der Waals surface area contributed by atoms with Gasteiger partial charge in [-0.3, -0.25) is 0 Å². The fourth-order valence-corrected chi connectivity index (χ4v) is 1.92. The van der Waals surface area contributed by atoms with Gasteiger partial charge in [0.2, 0.25) is 0 Å². The lowest BCUT2D eigenvalue weighted by atomic mass is 9.89. The SMILES string of the molecule is CCOC1CC(NCCN(C)CCOC)C1. The van der Waals surface area contributed by atoms with Crippen LogP contribution in [0.15, 0.2) is 0 Å². The summed E-state index contributed by atoms with van der Waals surface area (Å²) in [6.07, 6.45) is 2.86. The first kappa shape index (κ1) is 13.9. The summed E-state index contributed by atoms with van der Waals surface area (Å²) >= 11 is 0. The number of methoxy groups -OCH3 is 1. The molecule has 1 fully saturated rings. The van der Waals surface area contributed by atoms with E-state index in [1.165, 1.54) is 12.8 Å². The lowest BCUT2D eigenvalue weighted by Crippen LogP contribution is -2.47. The van der Waals surface area contributed by atoms with Crippen molar-refractivity contribution in [3.63, 3.8) is 0 Å². The summed E-state index contributed by atoms with van der Waals surface area (Å²) in [6, 6.07) is 0.673. The van der Waals surface area contributed by atoms with Gasteiger partial charge >= 0.3 is 0 Å². The van der Waals surface area contributed by atoms with Gasteiger partial charge in [-0.15, -0.1) is 0 Å². The summed E-state index contributed by atoms with van der Waals surface area (Å²) in [4.78, 5) is 2.29. The fraction of sp³-hybridized carbons (Fsp3) is 1.00. The molecule has 1 N–H and O–H groups in total. The summed E-state index contributed by atoms with van der Waals surface area (Å²) in [5.41, 5.74) is 0. The molecule has 0 aromatic heterocycles. The van der Waals surface area contributed by atoms with Crippen LogP contribution >= 0.6 is 0 Å². The molecule has 16 heavy (non-hydrogen) atoms. The van der Waals surface area contributed by atoms with E-state index >= 15 is 0 Å². The van der Waals surface area contributed by atoms with Crippen LogP contribution in [-0.2, 0) is 9.47 Å². The van der Waals surface area contributed by atoms with Gasteiger partial charge in [-0.05, 0) is 26.8 Å². The largest absolute Gasteiger partial charge is 0.383 e. The van der Waals surface area contributed by atoms with E-state index in [0.29, 0.717) is 12.1 Å². The molecule has 0 heterocycles. The molecule has 0 atom stereocenters. The Kier molecular flexibility index (Phi) is 6.96. The first-order chi connectivity index (χ1) is 7.76. The molecule has 0 spiro atoms. The molecule has 4 nitrogen and oxygen atoms in total. The minimum absolute atomic E-state index is 0.508. The van der Waals surface area contributed by atoms with Gasteiger partial charge in [0.15, 0.2) is 0 Å². The quantitative estimate of drug-likeness (QED) is 0.633. The van der Waals surface area contributed by atoms with E-state index in [0.717, 1.165) is 32.8 Å². The van der Waals surface area contributed by atoms with Crippen molar-refractivity contribution in [1.82, 2.24) is 10.2 Å². The van der Waals surface area contributed by atoms with Gasteiger partial charge in [0, 0.05) is 39.4 Å². The van der Waals surface area contributed by atoms with E-state index < -0.39 is 0 Å². The van der Waals surface area contributed by atoms with Gasteiger partial charge in [0.05, 0.1) is 12.7 Å². The van der Waals surface area contributed by atoms with Gasteiger partial charge in [0.1, 0.15) is 0 Å². The molecule has 0 aliphatic heterocycles. The first-order valence-electron chi connectivity index (χ1n) is 6.28. The fourth-order valence-electron chi connectivity index (χ4n) is 1.92. The van der Waals surface area contributed by atoms with Crippen LogP contribution < -0.4 is 5.32 Å². The van der Waals surface area contributed by atoms with Crippen molar-refractivity contribution in [2.45, 2.75) is 31.9 Å². The first-order valence-corrected chi connectivity index (χ1v) is 6.28.